The molecule has 1 aliphatic rings. The fraction of sp³-hybridized carbons (Fsp3) is 0.235. The number of rotatable bonds is 3. The van der Waals surface area contributed by atoms with Crippen molar-refractivity contribution in [3.05, 3.63) is 67.6 Å². The van der Waals surface area contributed by atoms with Crippen molar-refractivity contribution in [2.45, 2.75) is 0 Å². The molecule has 6 nitrogen and oxygen atoms in total. The Morgan fingerprint density at radius 2 is 1.80 bits per heavy atom. The molecule has 0 saturated carbocycles. The minimum atomic E-state index is -0.504. The summed E-state index contributed by atoms with van der Waals surface area (Å²) < 4.78 is 0.359. The molecule has 2 aromatic carbocycles. The van der Waals surface area contributed by atoms with Gasteiger partial charge in [-0.05, 0) is 40.2 Å². The van der Waals surface area contributed by atoms with Gasteiger partial charge < -0.3 is 9.80 Å². The van der Waals surface area contributed by atoms with Gasteiger partial charge in [-0.15, -0.1) is 0 Å². The fourth-order valence-corrected chi connectivity index (χ4v) is 3.47. The van der Waals surface area contributed by atoms with Crippen molar-refractivity contribution in [3.63, 3.8) is 0 Å². The van der Waals surface area contributed by atoms with Crippen LogP contribution in [0, 0.1) is 10.1 Å². The summed E-state index contributed by atoms with van der Waals surface area (Å²) in [6.45, 7) is 2.39. The summed E-state index contributed by atoms with van der Waals surface area (Å²) in [6, 6.07) is 12.1. The Morgan fingerprint density at radius 3 is 2.44 bits per heavy atom. The van der Waals surface area contributed by atoms with Gasteiger partial charge in [-0.2, -0.15) is 0 Å². The van der Waals surface area contributed by atoms with E-state index in [9.17, 15) is 14.9 Å². The largest absolute Gasteiger partial charge is 0.367 e. The number of carbonyl (C=O) groups excluding carboxylic acids is 1. The van der Waals surface area contributed by atoms with Crippen molar-refractivity contribution in [2.24, 2.45) is 0 Å². The molecule has 0 spiro atoms. The highest BCUT2D eigenvalue weighted by Crippen LogP contribution is 2.28. The number of amides is 1. The second-order valence-corrected chi connectivity index (χ2v) is 6.92. The first-order chi connectivity index (χ1) is 12.0. The normalized spacial score (nSPS) is 14.5. The molecule has 1 amide bonds. The highest BCUT2D eigenvalue weighted by Gasteiger charge is 2.25. The molecule has 1 saturated heterocycles. The lowest BCUT2D eigenvalue weighted by Gasteiger charge is -2.36. The van der Waals surface area contributed by atoms with Crippen LogP contribution < -0.4 is 4.90 Å². The van der Waals surface area contributed by atoms with E-state index in [-0.39, 0.29) is 11.6 Å². The van der Waals surface area contributed by atoms with Crippen molar-refractivity contribution in [1.82, 2.24) is 4.90 Å². The number of hydrogen-bond acceptors (Lipinski definition) is 4. The Balaban J connectivity index is 1.71. The van der Waals surface area contributed by atoms with Gasteiger partial charge in [0.05, 0.1) is 20.1 Å². The summed E-state index contributed by atoms with van der Waals surface area (Å²) >= 11 is 9.35. The molecule has 25 heavy (non-hydrogen) atoms. The lowest BCUT2D eigenvalue weighted by molar-refractivity contribution is -0.385. The minimum Gasteiger partial charge on any atom is -0.367 e. The van der Waals surface area contributed by atoms with Crippen molar-refractivity contribution >= 4 is 44.8 Å². The van der Waals surface area contributed by atoms with E-state index in [1.165, 1.54) is 12.1 Å². The number of hydrogen-bond donors (Lipinski definition) is 0. The zero-order chi connectivity index (χ0) is 18.0. The molecule has 0 N–H and O–H groups in total. The second kappa shape index (κ2) is 7.41. The van der Waals surface area contributed by atoms with E-state index >= 15 is 0 Å². The Bertz CT molecular complexity index is 823. The molecule has 0 atom stereocenters. The van der Waals surface area contributed by atoms with E-state index < -0.39 is 4.92 Å². The molecule has 8 heteroatoms. The van der Waals surface area contributed by atoms with Gasteiger partial charge in [0.25, 0.3) is 11.6 Å². The molecule has 0 radical (unpaired) electrons. The first-order valence-electron chi connectivity index (χ1n) is 7.70. The molecule has 130 valence electrons. The van der Waals surface area contributed by atoms with Crippen LogP contribution in [0.4, 0.5) is 11.4 Å². The maximum absolute atomic E-state index is 12.6. The molecule has 2 aromatic rings. The zero-order valence-corrected chi connectivity index (χ0v) is 15.5. The van der Waals surface area contributed by atoms with Gasteiger partial charge in [0.1, 0.15) is 0 Å². The monoisotopic (exact) mass is 423 g/mol. The number of halogens is 2. The van der Waals surface area contributed by atoms with E-state index in [1.54, 1.807) is 11.0 Å². The van der Waals surface area contributed by atoms with Gasteiger partial charge in [0.2, 0.25) is 0 Å². The first-order valence-corrected chi connectivity index (χ1v) is 8.87. The lowest BCUT2D eigenvalue weighted by Crippen LogP contribution is -2.48. The van der Waals surface area contributed by atoms with Crippen LogP contribution in [0.1, 0.15) is 10.4 Å². The van der Waals surface area contributed by atoms with Crippen LogP contribution in [0.3, 0.4) is 0 Å². The molecular weight excluding hydrogens is 410 g/mol. The van der Waals surface area contributed by atoms with E-state index in [4.69, 9.17) is 11.6 Å². The highest BCUT2D eigenvalue weighted by atomic mass is 79.9. The number of anilines is 1. The quantitative estimate of drug-likeness (QED) is 0.552. The third-order valence-corrected chi connectivity index (χ3v) is 5.14. The minimum absolute atomic E-state index is 0.111. The summed E-state index contributed by atoms with van der Waals surface area (Å²) in [5.41, 5.74) is 1.16. The molecular formula is C17H15BrClN3O3. The Labute approximate surface area is 158 Å². The van der Waals surface area contributed by atoms with Crippen molar-refractivity contribution in [2.75, 3.05) is 31.1 Å². The maximum atomic E-state index is 12.6. The number of para-hydroxylation sites is 1. The predicted octanol–water partition coefficient (Wildman–Crippen LogP) is 3.97. The lowest BCUT2D eigenvalue weighted by atomic mass is 10.1. The Hall–Kier alpha value is -2.12. The first kappa shape index (κ1) is 17.7. The number of nitrogens with zero attached hydrogens (tertiary/aromatic N) is 3. The topological polar surface area (TPSA) is 66.7 Å². The van der Waals surface area contributed by atoms with E-state index in [0.29, 0.717) is 41.2 Å². The molecule has 0 bridgehead atoms. The molecule has 0 aliphatic carbocycles. The summed E-state index contributed by atoms with van der Waals surface area (Å²) in [6.07, 6.45) is 0. The summed E-state index contributed by atoms with van der Waals surface area (Å²) in [5, 5.41) is 11.7. The number of carbonyl (C=O) groups is 1. The third-order valence-electron chi connectivity index (χ3n) is 4.15. The Morgan fingerprint density at radius 1 is 1.12 bits per heavy atom. The van der Waals surface area contributed by atoms with E-state index in [0.717, 1.165) is 5.69 Å². The fourth-order valence-electron chi connectivity index (χ4n) is 2.83. The Kier molecular flexibility index (Phi) is 5.24. The molecule has 3 rings (SSSR count). The van der Waals surface area contributed by atoms with Gasteiger partial charge in [0.15, 0.2) is 0 Å². The summed E-state index contributed by atoms with van der Waals surface area (Å²) in [7, 11) is 0. The molecule has 0 unspecified atom stereocenters. The van der Waals surface area contributed by atoms with Crippen LogP contribution >= 0.6 is 27.5 Å². The molecule has 1 fully saturated rings. The predicted molar refractivity (Wildman–Crippen MR) is 100 cm³/mol. The van der Waals surface area contributed by atoms with Gasteiger partial charge in [-0.3, -0.25) is 14.9 Å². The van der Waals surface area contributed by atoms with Crippen LogP contribution in [0.2, 0.25) is 5.02 Å². The molecule has 0 aromatic heterocycles. The third kappa shape index (κ3) is 3.77. The average Bonchev–Trinajstić information content (AvgIpc) is 2.62. The number of benzene rings is 2. The SMILES string of the molecule is O=C(c1ccc(Br)c([N+](=O)[O-])c1)N1CCN(c2ccccc2Cl)CC1. The molecule has 1 aliphatic heterocycles. The standard InChI is InChI=1S/C17H15BrClN3O3/c18-13-6-5-12(11-16(13)22(24)25)17(23)21-9-7-20(8-10-21)15-4-2-1-3-14(15)19/h1-6,11H,7-10H2. The summed E-state index contributed by atoms with van der Waals surface area (Å²) in [4.78, 5) is 27.0. The van der Waals surface area contributed by atoms with Crippen LogP contribution in [-0.2, 0) is 0 Å². The van der Waals surface area contributed by atoms with Gasteiger partial charge in [-0.25, -0.2) is 0 Å². The zero-order valence-electron chi connectivity index (χ0n) is 13.2. The second-order valence-electron chi connectivity index (χ2n) is 5.65. The number of nitro groups is 1. The maximum Gasteiger partial charge on any atom is 0.284 e. The van der Waals surface area contributed by atoms with Crippen molar-refractivity contribution in [3.8, 4) is 0 Å². The van der Waals surface area contributed by atoms with E-state index in [2.05, 4.69) is 20.8 Å². The van der Waals surface area contributed by atoms with Crippen molar-refractivity contribution < 1.29 is 9.72 Å². The van der Waals surface area contributed by atoms with E-state index in [1.807, 2.05) is 24.3 Å². The highest BCUT2D eigenvalue weighted by molar-refractivity contribution is 9.10. The average molecular weight is 425 g/mol. The van der Waals surface area contributed by atoms with Gasteiger partial charge in [-0.1, -0.05) is 23.7 Å². The molecule has 1 heterocycles. The van der Waals surface area contributed by atoms with Crippen LogP contribution in [0.5, 0.6) is 0 Å². The van der Waals surface area contributed by atoms with Crippen LogP contribution in [0.25, 0.3) is 0 Å². The van der Waals surface area contributed by atoms with Gasteiger partial charge in [0, 0.05) is 37.8 Å². The van der Waals surface area contributed by atoms with Crippen molar-refractivity contribution in [1.29, 1.82) is 0 Å². The number of nitro benzene ring substituents is 1. The van der Waals surface area contributed by atoms with Gasteiger partial charge >= 0.3 is 0 Å². The smallest absolute Gasteiger partial charge is 0.284 e. The number of piperazine rings is 1. The van der Waals surface area contributed by atoms with Crippen LogP contribution in [0.15, 0.2) is 46.9 Å². The van der Waals surface area contributed by atoms with Crippen LogP contribution in [-0.4, -0.2) is 41.9 Å². The summed E-state index contributed by atoms with van der Waals surface area (Å²) in [5.74, 6) is -0.200.